The number of hydrogen-bond donors (Lipinski definition) is 0. The number of pyridine rings is 1. The topological polar surface area (TPSA) is 70.9 Å². The summed E-state index contributed by atoms with van der Waals surface area (Å²) in [6.45, 7) is 2.22. The Bertz CT molecular complexity index is 344. The molecule has 1 aromatic heterocycles. The van der Waals surface area contributed by atoms with E-state index < -0.39 is 0 Å². The van der Waals surface area contributed by atoms with Gasteiger partial charge in [-0.05, 0) is 24.1 Å². The molecule has 0 radical (unpaired) electrons. The number of aryl methyl sites for hydroxylation is 1. The zero-order chi connectivity index (χ0) is 9.68. The van der Waals surface area contributed by atoms with Gasteiger partial charge in [-0.15, -0.1) is 0 Å². The van der Waals surface area contributed by atoms with Crippen molar-refractivity contribution in [3.05, 3.63) is 33.8 Å². The van der Waals surface area contributed by atoms with E-state index in [4.69, 9.17) is 10.3 Å². The lowest BCUT2D eigenvalue weighted by atomic mass is 10.2. The van der Waals surface area contributed by atoms with Crippen LogP contribution in [0, 0.1) is 6.92 Å². The fourth-order valence-corrected chi connectivity index (χ4v) is 1.03. The van der Waals surface area contributed by atoms with Crippen LogP contribution >= 0.6 is 0 Å². The van der Waals surface area contributed by atoms with Gasteiger partial charge in [-0.2, -0.15) is 0 Å². The van der Waals surface area contributed by atoms with Gasteiger partial charge in [0.05, 0.1) is 13.7 Å². The van der Waals surface area contributed by atoms with Crippen molar-refractivity contribution < 1.29 is 4.74 Å². The number of aromatic nitrogens is 1. The van der Waals surface area contributed by atoms with Gasteiger partial charge in [-0.25, -0.2) is 4.98 Å². The third kappa shape index (κ3) is 2.35. The third-order valence-corrected chi connectivity index (χ3v) is 1.60. The average molecular weight is 178 g/mol. The van der Waals surface area contributed by atoms with Gasteiger partial charge in [0.15, 0.2) is 0 Å². The average Bonchev–Trinajstić information content (AvgIpc) is 2.15. The molecule has 5 heteroatoms. The van der Waals surface area contributed by atoms with E-state index in [1.165, 1.54) is 0 Å². The molecule has 0 aromatic carbocycles. The molecule has 5 nitrogen and oxygen atoms in total. The molecule has 0 bridgehead atoms. The molecule has 0 saturated heterocycles. The van der Waals surface area contributed by atoms with Gasteiger partial charge in [0.1, 0.15) is 0 Å². The van der Waals surface area contributed by atoms with Crippen LogP contribution in [0.4, 0.5) is 0 Å². The van der Waals surface area contributed by atoms with Gasteiger partial charge in [0.2, 0.25) is 5.88 Å². The van der Waals surface area contributed by atoms with Crippen LogP contribution in [0.2, 0.25) is 0 Å². The van der Waals surface area contributed by atoms with E-state index in [9.17, 15) is 0 Å². The summed E-state index contributed by atoms with van der Waals surface area (Å²) in [6.07, 6.45) is 1.64. The van der Waals surface area contributed by atoms with Crippen LogP contribution < -0.4 is 4.74 Å². The van der Waals surface area contributed by atoms with Crippen molar-refractivity contribution in [3.63, 3.8) is 0 Å². The standard InChI is InChI=1S/C8H10N4O/c1-6-3-7(5-11-12-9)4-10-8(6)13-2/h3-4H,5H2,1-2H3. The molecular formula is C8H10N4O. The van der Waals surface area contributed by atoms with Crippen molar-refractivity contribution in [1.29, 1.82) is 0 Å². The Hall–Kier alpha value is -1.74. The second kappa shape index (κ2) is 4.33. The molecule has 0 saturated carbocycles. The summed E-state index contributed by atoms with van der Waals surface area (Å²) in [5, 5.41) is 3.44. The Kier molecular flexibility index (Phi) is 3.11. The first-order valence-electron chi connectivity index (χ1n) is 3.78. The molecule has 0 N–H and O–H groups in total. The van der Waals surface area contributed by atoms with Gasteiger partial charge < -0.3 is 4.74 Å². The van der Waals surface area contributed by atoms with Gasteiger partial charge in [-0.3, -0.25) is 0 Å². The first-order chi connectivity index (χ1) is 6.27. The first-order valence-corrected chi connectivity index (χ1v) is 3.78. The normalized spacial score (nSPS) is 9.08. The number of methoxy groups -OCH3 is 1. The molecule has 0 unspecified atom stereocenters. The third-order valence-electron chi connectivity index (χ3n) is 1.60. The molecule has 68 valence electrons. The van der Waals surface area contributed by atoms with Gasteiger partial charge in [0, 0.05) is 16.7 Å². The second-order valence-electron chi connectivity index (χ2n) is 2.56. The highest BCUT2D eigenvalue weighted by Gasteiger charge is 1.99. The lowest BCUT2D eigenvalue weighted by molar-refractivity contribution is 0.394. The van der Waals surface area contributed by atoms with Crippen LogP contribution in [0.1, 0.15) is 11.1 Å². The highest BCUT2D eigenvalue weighted by atomic mass is 16.5. The van der Waals surface area contributed by atoms with Crippen LogP contribution in [0.15, 0.2) is 17.4 Å². The molecule has 1 rings (SSSR count). The molecule has 0 aliphatic carbocycles. The predicted octanol–water partition coefficient (Wildman–Crippen LogP) is 2.21. The quantitative estimate of drug-likeness (QED) is 0.404. The van der Waals surface area contributed by atoms with Crippen LogP contribution in [0.25, 0.3) is 10.4 Å². The van der Waals surface area contributed by atoms with E-state index in [1.807, 2.05) is 13.0 Å². The minimum absolute atomic E-state index is 0.328. The lowest BCUT2D eigenvalue weighted by Crippen LogP contribution is -1.92. The maximum absolute atomic E-state index is 8.11. The van der Waals surface area contributed by atoms with E-state index in [-0.39, 0.29) is 0 Å². The van der Waals surface area contributed by atoms with E-state index in [0.29, 0.717) is 12.4 Å². The number of azide groups is 1. The summed E-state index contributed by atoms with van der Waals surface area (Å²) < 4.78 is 4.99. The minimum Gasteiger partial charge on any atom is -0.481 e. The van der Waals surface area contributed by atoms with Gasteiger partial charge in [-0.1, -0.05) is 5.11 Å². The SMILES string of the molecule is COc1ncc(CN=[N+]=[N-])cc1C. The molecule has 1 aromatic rings. The molecule has 1 heterocycles. The summed E-state index contributed by atoms with van der Waals surface area (Å²) in [7, 11) is 1.57. The van der Waals surface area contributed by atoms with Crippen molar-refractivity contribution in [2.24, 2.45) is 5.11 Å². The summed E-state index contributed by atoms with van der Waals surface area (Å²) in [5.74, 6) is 0.602. The van der Waals surface area contributed by atoms with Gasteiger partial charge in [0.25, 0.3) is 0 Å². The zero-order valence-electron chi connectivity index (χ0n) is 7.56. The lowest BCUT2D eigenvalue weighted by Gasteiger charge is -2.03. The summed E-state index contributed by atoms with van der Waals surface area (Å²) in [6, 6.07) is 1.89. The van der Waals surface area contributed by atoms with Crippen LogP contribution in [0.5, 0.6) is 5.88 Å². The fourth-order valence-electron chi connectivity index (χ4n) is 1.03. The van der Waals surface area contributed by atoms with Crippen molar-refractivity contribution >= 4 is 0 Å². The number of rotatable bonds is 3. The highest BCUT2D eigenvalue weighted by Crippen LogP contribution is 2.14. The summed E-state index contributed by atoms with van der Waals surface area (Å²) in [5.41, 5.74) is 9.93. The Morgan fingerprint density at radius 3 is 3.00 bits per heavy atom. The molecule has 0 amide bonds. The Morgan fingerprint density at radius 1 is 1.69 bits per heavy atom. The molecule has 0 aliphatic heterocycles. The number of hydrogen-bond acceptors (Lipinski definition) is 3. The Balaban J connectivity index is 2.88. The van der Waals surface area contributed by atoms with Crippen molar-refractivity contribution in [1.82, 2.24) is 4.98 Å². The Labute approximate surface area is 76.0 Å². The largest absolute Gasteiger partial charge is 0.481 e. The first kappa shape index (κ1) is 9.35. The van der Waals surface area contributed by atoms with Crippen molar-refractivity contribution in [2.75, 3.05) is 7.11 Å². The molecule has 0 aliphatic rings. The maximum atomic E-state index is 8.11. The number of ether oxygens (including phenoxy) is 1. The molecule has 0 atom stereocenters. The monoisotopic (exact) mass is 178 g/mol. The molecule has 0 fully saturated rings. The molecule has 13 heavy (non-hydrogen) atoms. The number of nitrogens with zero attached hydrogens (tertiary/aromatic N) is 4. The van der Waals surface area contributed by atoms with Crippen LogP contribution in [-0.2, 0) is 6.54 Å². The predicted molar refractivity (Wildman–Crippen MR) is 48.4 cm³/mol. The van der Waals surface area contributed by atoms with E-state index in [1.54, 1.807) is 13.3 Å². The summed E-state index contributed by atoms with van der Waals surface area (Å²) >= 11 is 0. The van der Waals surface area contributed by atoms with Crippen molar-refractivity contribution in [3.8, 4) is 5.88 Å². The van der Waals surface area contributed by atoms with Crippen LogP contribution in [0.3, 0.4) is 0 Å². The smallest absolute Gasteiger partial charge is 0.215 e. The van der Waals surface area contributed by atoms with Crippen LogP contribution in [-0.4, -0.2) is 12.1 Å². The molecule has 0 spiro atoms. The van der Waals surface area contributed by atoms with Crippen molar-refractivity contribution in [2.45, 2.75) is 13.5 Å². The summed E-state index contributed by atoms with van der Waals surface area (Å²) in [4.78, 5) is 6.71. The second-order valence-corrected chi connectivity index (χ2v) is 2.56. The zero-order valence-corrected chi connectivity index (χ0v) is 7.56. The highest BCUT2D eigenvalue weighted by molar-refractivity contribution is 5.28. The van der Waals surface area contributed by atoms with E-state index >= 15 is 0 Å². The van der Waals surface area contributed by atoms with E-state index in [0.717, 1.165) is 11.1 Å². The Morgan fingerprint density at radius 2 is 2.46 bits per heavy atom. The van der Waals surface area contributed by atoms with Gasteiger partial charge >= 0.3 is 0 Å². The van der Waals surface area contributed by atoms with E-state index in [2.05, 4.69) is 15.0 Å². The minimum atomic E-state index is 0.328. The fraction of sp³-hybridized carbons (Fsp3) is 0.375. The molecular weight excluding hydrogens is 168 g/mol. The maximum Gasteiger partial charge on any atom is 0.215 e.